The van der Waals surface area contributed by atoms with Crippen molar-refractivity contribution in [3.8, 4) is 5.75 Å². The Morgan fingerprint density at radius 1 is 1.39 bits per heavy atom. The number of nitrogens with one attached hydrogen (secondary N) is 2. The molecule has 0 fully saturated rings. The first-order valence-electron chi connectivity index (χ1n) is 5.48. The van der Waals surface area contributed by atoms with Gasteiger partial charge in [0.1, 0.15) is 5.75 Å². The van der Waals surface area contributed by atoms with E-state index in [0.717, 1.165) is 5.56 Å². The maximum Gasteiger partial charge on any atom is 0.319 e. The van der Waals surface area contributed by atoms with Gasteiger partial charge in [0.2, 0.25) is 0 Å². The van der Waals surface area contributed by atoms with Gasteiger partial charge in [0.15, 0.2) is 0 Å². The average molecular weight is 246 g/mol. The zero-order chi connectivity index (χ0) is 12.8. The zero-order valence-electron chi connectivity index (χ0n) is 9.97. The normalized spacial score (nSPS) is 9.83. The van der Waals surface area contributed by atoms with Crippen molar-refractivity contribution in [3.63, 3.8) is 0 Å². The van der Waals surface area contributed by atoms with Crippen molar-refractivity contribution in [2.75, 3.05) is 12.4 Å². The highest BCUT2D eigenvalue weighted by molar-refractivity contribution is 5.89. The first-order valence-corrected chi connectivity index (χ1v) is 5.48. The number of anilines is 1. The first-order chi connectivity index (χ1) is 8.78. The number of ether oxygens (including phenoxy) is 1. The van der Waals surface area contributed by atoms with Crippen LogP contribution in [-0.4, -0.2) is 13.1 Å². The van der Waals surface area contributed by atoms with Gasteiger partial charge in [-0.05, 0) is 18.2 Å². The number of benzene rings is 1. The van der Waals surface area contributed by atoms with Gasteiger partial charge >= 0.3 is 6.03 Å². The lowest BCUT2D eigenvalue weighted by molar-refractivity contribution is 0.251. The van der Waals surface area contributed by atoms with Gasteiger partial charge in [0.05, 0.1) is 19.6 Å². The van der Waals surface area contributed by atoms with E-state index in [4.69, 9.17) is 9.15 Å². The van der Waals surface area contributed by atoms with Crippen LogP contribution < -0.4 is 15.4 Å². The minimum absolute atomic E-state index is 0.274. The summed E-state index contributed by atoms with van der Waals surface area (Å²) >= 11 is 0. The molecule has 1 heterocycles. The van der Waals surface area contributed by atoms with Crippen LogP contribution in [0.4, 0.5) is 10.5 Å². The predicted molar refractivity (Wildman–Crippen MR) is 67.6 cm³/mol. The van der Waals surface area contributed by atoms with Gasteiger partial charge in [0.25, 0.3) is 0 Å². The number of urea groups is 1. The van der Waals surface area contributed by atoms with Crippen LogP contribution in [0.15, 0.2) is 47.3 Å². The molecule has 2 rings (SSSR count). The Bertz CT molecular complexity index is 509. The summed E-state index contributed by atoms with van der Waals surface area (Å²) in [5.74, 6) is 0.697. The molecule has 0 aliphatic rings. The van der Waals surface area contributed by atoms with Gasteiger partial charge < -0.3 is 19.8 Å². The number of hydrogen-bond donors (Lipinski definition) is 2. The largest absolute Gasteiger partial charge is 0.497 e. The number of hydrogen-bond acceptors (Lipinski definition) is 3. The number of amides is 2. The fourth-order valence-electron chi connectivity index (χ4n) is 1.45. The standard InChI is InChI=1S/C13H14N2O3/c1-17-12-4-2-3-11(7-12)15-13(16)14-8-10-5-6-18-9-10/h2-7,9H,8H2,1H3,(H2,14,15,16). The van der Waals surface area contributed by atoms with E-state index in [2.05, 4.69) is 10.6 Å². The molecule has 0 radical (unpaired) electrons. The van der Waals surface area contributed by atoms with E-state index in [9.17, 15) is 4.79 Å². The molecule has 0 atom stereocenters. The molecule has 5 nitrogen and oxygen atoms in total. The Kier molecular flexibility index (Phi) is 3.86. The van der Waals surface area contributed by atoms with Crippen molar-refractivity contribution < 1.29 is 13.9 Å². The highest BCUT2D eigenvalue weighted by Gasteiger charge is 2.03. The van der Waals surface area contributed by atoms with Crippen molar-refractivity contribution in [2.45, 2.75) is 6.54 Å². The fraction of sp³-hybridized carbons (Fsp3) is 0.154. The molecule has 18 heavy (non-hydrogen) atoms. The first kappa shape index (κ1) is 12.0. The Hall–Kier alpha value is -2.43. The van der Waals surface area contributed by atoms with Gasteiger partial charge in [-0.2, -0.15) is 0 Å². The van der Waals surface area contributed by atoms with E-state index in [1.165, 1.54) is 0 Å². The van der Waals surface area contributed by atoms with E-state index >= 15 is 0 Å². The summed E-state index contributed by atoms with van der Waals surface area (Å²) in [5.41, 5.74) is 1.59. The third-order valence-electron chi connectivity index (χ3n) is 2.36. The second-order valence-electron chi connectivity index (χ2n) is 3.67. The minimum atomic E-state index is -0.274. The molecule has 0 aliphatic heterocycles. The van der Waals surface area contributed by atoms with Gasteiger partial charge in [-0.25, -0.2) is 4.79 Å². The van der Waals surface area contributed by atoms with Gasteiger partial charge in [-0.15, -0.1) is 0 Å². The highest BCUT2D eigenvalue weighted by atomic mass is 16.5. The average Bonchev–Trinajstić information content (AvgIpc) is 2.90. The van der Waals surface area contributed by atoms with E-state index in [1.54, 1.807) is 37.8 Å². The lowest BCUT2D eigenvalue weighted by Crippen LogP contribution is -2.27. The molecule has 5 heteroatoms. The Morgan fingerprint density at radius 2 is 2.28 bits per heavy atom. The molecular formula is C13H14N2O3. The lowest BCUT2D eigenvalue weighted by Gasteiger charge is -2.07. The molecule has 0 saturated carbocycles. The second kappa shape index (κ2) is 5.77. The molecule has 2 N–H and O–H groups in total. The van der Waals surface area contributed by atoms with Crippen LogP contribution in [0.5, 0.6) is 5.75 Å². The summed E-state index contributed by atoms with van der Waals surface area (Å²) in [4.78, 5) is 11.6. The molecule has 94 valence electrons. The SMILES string of the molecule is COc1cccc(NC(=O)NCc2ccoc2)c1. The summed E-state index contributed by atoms with van der Waals surface area (Å²) in [6.45, 7) is 0.423. The van der Waals surface area contributed by atoms with Gasteiger partial charge in [-0.1, -0.05) is 6.07 Å². The maximum absolute atomic E-state index is 11.6. The van der Waals surface area contributed by atoms with Crippen LogP contribution in [0, 0.1) is 0 Å². The highest BCUT2D eigenvalue weighted by Crippen LogP contribution is 2.16. The van der Waals surface area contributed by atoms with E-state index in [-0.39, 0.29) is 6.03 Å². The van der Waals surface area contributed by atoms with Crippen molar-refractivity contribution in [2.24, 2.45) is 0 Å². The molecule has 1 aromatic heterocycles. The van der Waals surface area contributed by atoms with Crippen LogP contribution in [0.3, 0.4) is 0 Å². The number of carbonyl (C=O) groups excluding carboxylic acids is 1. The van der Waals surface area contributed by atoms with Crippen LogP contribution in [0.1, 0.15) is 5.56 Å². The third-order valence-corrected chi connectivity index (χ3v) is 2.36. The van der Waals surface area contributed by atoms with Crippen molar-refractivity contribution in [1.82, 2.24) is 5.32 Å². The van der Waals surface area contributed by atoms with Crippen LogP contribution in [-0.2, 0) is 6.54 Å². The van der Waals surface area contributed by atoms with Crippen LogP contribution in [0.25, 0.3) is 0 Å². The summed E-state index contributed by atoms with van der Waals surface area (Å²) < 4.78 is 9.98. The molecule has 2 aromatic rings. The maximum atomic E-state index is 11.6. The summed E-state index contributed by atoms with van der Waals surface area (Å²) in [7, 11) is 1.58. The second-order valence-corrected chi connectivity index (χ2v) is 3.67. The lowest BCUT2D eigenvalue weighted by atomic mass is 10.3. The van der Waals surface area contributed by atoms with Crippen molar-refractivity contribution in [3.05, 3.63) is 48.4 Å². The molecule has 0 saturated heterocycles. The molecule has 0 bridgehead atoms. The Balaban J connectivity index is 1.86. The van der Waals surface area contributed by atoms with E-state index < -0.39 is 0 Å². The van der Waals surface area contributed by atoms with Crippen LogP contribution in [0.2, 0.25) is 0 Å². The third kappa shape index (κ3) is 3.28. The predicted octanol–water partition coefficient (Wildman–Crippen LogP) is 2.61. The molecule has 1 aromatic carbocycles. The molecule has 2 amide bonds. The summed E-state index contributed by atoms with van der Waals surface area (Å²) in [5, 5.41) is 5.44. The quantitative estimate of drug-likeness (QED) is 0.871. The summed E-state index contributed by atoms with van der Waals surface area (Å²) in [6.07, 6.45) is 3.16. The number of carbonyl (C=O) groups is 1. The Morgan fingerprint density at radius 3 is 3.00 bits per heavy atom. The number of furan rings is 1. The fourth-order valence-corrected chi connectivity index (χ4v) is 1.45. The van der Waals surface area contributed by atoms with Crippen molar-refractivity contribution >= 4 is 11.7 Å². The smallest absolute Gasteiger partial charge is 0.319 e. The van der Waals surface area contributed by atoms with Crippen LogP contribution >= 0.6 is 0 Å². The molecule has 0 unspecified atom stereocenters. The molecular weight excluding hydrogens is 232 g/mol. The minimum Gasteiger partial charge on any atom is -0.497 e. The molecule has 0 spiro atoms. The van der Waals surface area contributed by atoms with E-state index in [1.807, 2.05) is 12.1 Å². The van der Waals surface area contributed by atoms with Crippen molar-refractivity contribution in [1.29, 1.82) is 0 Å². The topological polar surface area (TPSA) is 63.5 Å². The zero-order valence-corrected chi connectivity index (χ0v) is 9.97. The van der Waals surface area contributed by atoms with E-state index in [0.29, 0.717) is 18.0 Å². The Labute approximate surface area is 105 Å². The number of rotatable bonds is 4. The van der Waals surface area contributed by atoms with Gasteiger partial charge in [-0.3, -0.25) is 0 Å². The number of methoxy groups -OCH3 is 1. The summed E-state index contributed by atoms with van der Waals surface area (Å²) in [6, 6.07) is 8.69. The molecule has 0 aliphatic carbocycles. The van der Waals surface area contributed by atoms with Gasteiger partial charge in [0, 0.05) is 23.9 Å². The monoisotopic (exact) mass is 246 g/mol.